The van der Waals surface area contributed by atoms with Crippen LogP contribution >= 0.6 is 0 Å². The smallest absolute Gasteiger partial charge is 0.222 e. The first-order chi connectivity index (χ1) is 6.61. The Morgan fingerprint density at radius 1 is 1.29 bits per heavy atom. The topological polar surface area (TPSA) is 41.1 Å². The molecule has 0 spiro atoms. The van der Waals surface area contributed by atoms with Gasteiger partial charge in [0.25, 0.3) is 0 Å². The van der Waals surface area contributed by atoms with Crippen molar-refractivity contribution >= 4 is 5.91 Å². The van der Waals surface area contributed by atoms with Crippen LogP contribution in [0.25, 0.3) is 0 Å². The molecule has 0 aromatic rings. The van der Waals surface area contributed by atoms with Crippen molar-refractivity contribution in [2.75, 3.05) is 13.1 Å². The third-order valence-electron chi connectivity index (χ3n) is 2.99. The van der Waals surface area contributed by atoms with Crippen LogP contribution in [0.3, 0.4) is 0 Å². The van der Waals surface area contributed by atoms with Gasteiger partial charge >= 0.3 is 0 Å². The third kappa shape index (κ3) is 3.29. The van der Waals surface area contributed by atoms with E-state index in [2.05, 4.69) is 17.6 Å². The van der Waals surface area contributed by atoms with Crippen LogP contribution in [0.1, 0.15) is 33.6 Å². The van der Waals surface area contributed by atoms with Gasteiger partial charge in [-0.2, -0.15) is 0 Å². The minimum Gasteiger partial charge on any atom is -0.353 e. The molecule has 0 bridgehead atoms. The lowest BCUT2D eigenvalue weighted by Crippen LogP contribution is -2.43. The molecule has 1 aliphatic heterocycles. The highest BCUT2D eigenvalue weighted by atomic mass is 16.1. The van der Waals surface area contributed by atoms with E-state index in [1.54, 1.807) is 0 Å². The lowest BCUT2D eigenvalue weighted by atomic mass is 9.91. The average Bonchev–Trinajstić information content (AvgIpc) is 2.19. The van der Waals surface area contributed by atoms with Crippen molar-refractivity contribution in [2.24, 2.45) is 11.8 Å². The van der Waals surface area contributed by atoms with Gasteiger partial charge in [0, 0.05) is 12.0 Å². The number of hydrogen-bond acceptors (Lipinski definition) is 2. The van der Waals surface area contributed by atoms with E-state index >= 15 is 0 Å². The molecule has 1 rings (SSSR count). The van der Waals surface area contributed by atoms with E-state index in [0.717, 1.165) is 13.1 Å². The minimum absolute atomic E-state index is 0.0964. The quantitative estimate of drug-likeness (QED) is 0.714. The number of amides is 1. The summed E-state index contributed by atoms with van der Waals surface area (Å²) in [6, 6.07) is 0.326. The maximum Gasteiger partial charge on any atom is 0.222 e. The highest BCUT2D eigenvalue weighted by Gasteiger charge is 2.21. The fourth-order valence-electron chi connectivity index (χ4n) is 1.85. The molecule has 1 unspecified atom stereocenters. The van der Waals surface area contributed by atoms with Gasteiger partial charge in [0.2, 0.25) is 5.91 Å². The number of carbonyl (C=O) groups is 1. The molecule has 0 aliphatic carbocycles. The Morgan fingerprint density at radius 2 is 1.86 bits per heavy atom. The molecule has 1 atom stereocenters. The second kappa shape index (κ2) is 5.35. The Kier molecular flexibility index (Phi) is 4.39. The Balaban J connectivity index is 2.32. The van der Waals surface area contributed by atoms with E-state index in [1.807, 2.05) is 13.8 Å². The highest BCUT2D eigenvalue weighted by Crippen LogP contribution is 2.16. The molecule has 1 aliphatic rings. The Labute approximate surface area is 86.6 Å². The van der Waals surface area contributed by atoms with Gasteiger partial charge < -0.3 is 10.6 Å². The summed E-state index contributed by atoms with van der Waals surface area (Å²) in [6.07, 6.45) is 2.36. The van der Waals surface area contributed by atoms with Gasteiger partial charge in [-0.15, -0.1) is 0 Å². The maximum atomic E-state index is 11.5. The molecule has 82 valence electrons. The zero-order valence-electron chi connectivity index (χ0n) is 9.47. The van der Waals surface area contributed by atoms with Crippen molar-refractivity contribution in [2.45, 2.75) is 39.7 Å². The average molecular weight is 198 g/mol. The predicted octanol–water partition coefficient (Wildman–Crippen LogP) is 1.15. The van der Waals surface area contributed by atoms with Crippen LogP contribution in [0.5, 0.6) is 0 Å². The summed E-state index contributed by atoms with van der Waals surface area (Å²) in [5.41, 5.74) is 0. The molecular formula is C11H22N2O. The number of carbonyl (C=O) groups excluding carboxylic acids is 1. The lowest BCUT2D eigenvalue weighted by Gasteiger charge is -2.29. The van der Waals surface area contributed by atoms with E-state index < -0.39 is 0 Å². The van der Waals surface area contributed by atoms with Crippen molar-refractivity contribution in [3.05, 3.63) is 0 Å². The van der Waals surface area contributed by atoms with Crippen LogP contribution in [0.2, 0.25) is 0 Å². The first-order valence-electron chi connectivity index (χ1n) is 5.62. The van der Waals surface area contributed by atoms with Crippen LogP contribution in [0, 0.1) is 11.8 Å². The molecule has 0 saturated carbocycles. The molecule has 0 aromatic heterocycles. The summed E-state index contributed by atoms with van der Waals surface area (Å²) in [4.78, 5) is 11.5. The summed E-state index contributed by atoms with van der Waals surface area (Å²) in [5, 5.41) is 6.42. The van der Waals surface area contributed by atoms with Gasteiger partial charge in [-0.3, -0.25) is 4.79 Å². The van der Waals surface area contributed by atoms with Crippen molar-refractivity contribution < 1.29 is 4.79 Å². The molecular weight excluding hydrogens is 176 g/mol. The van der Waals surface area contributed by atoms with E-state index in [1.165, 1.54) is 12.8 Å². The number of hydrogen-bond donors (Lipinski definition) is 2. The van der Waals surface area contributed by atoms with Gasteiger partial charge in [-0.1, -0.05) is 13.8 Å². The number of piperidine rings is 1. The molecule has 0 radical (unpaired) electrons. The Hall–Kier alpha value is -0.570. The number of nitrogens with one attached hydrogen (secondary N) is 2. The monoisotopic (exact) mass is 198 g/mol. The lowest BCUT2D eigenvalue weighted by molar-refractivity contribution is -0.125. The van der Waals surface area contributed by atoms with E-state index in [-0.39, 0.29) is 11.8 Å². The summed E-state index contributed by atoms with van der Waals surface area (Å²) in [7, 11) is 0. The Morgan fingerprint density at radius 3 is 2.36 bits per heavy atom. The molecule has 1 saturated heterocycles. The molecule has 1 heterocycles. The van der Waals surface area contributed by atoms with Gasteiger partial charge in [-0.05, 0) is 38.8 Å². The minimum atomic E-state index is 0.0964. The van der Waals surface area contributed by atoms with Crippen LogP contribution in [0.15, 0.2) is 0 Å². The summed E-state index contributed by atoms with van der Waals surface area (Å²) >= 11 is 0. The predicted molar refractivity (Wildman–Crippen MR) is 58.0 cm³/mol. The van der Waals surface area contributed by atoms with Crippen LogP contribution in [-0.2, 0) is 4.79 Å². The second-order valence-corrected chi connectivity index (χ2v) is 4.54. The summed E-state index contributed by atoms with van der Waals surface area (Å²) < 4.78 is 0. The van der Waals surface area contributed by atoms with Gasteiger partial charge in [0.1, 0.15) is 0 Å². The standard InChI is InChI=1S/C11H22N2O/c1-8(2)11(14)13-9(3)10-4-6-12-7-5-10/h8-10,12H,4-7H2,1-3H3,(H,13,14). The summed E-state index contributed by atoms with van der Waals surface area (Å²) in [6.45, 7) is 8.17. The maximum absolute atomic E-state index is 11.5. The largest absolute Gasteiger partial charge is 0.353 e. The first-order valence-corrected chi connectivity index (χ1v) is 5.62. The SMILES string of the molecule is CC(C)C(=O)NC(C)C1CCNCC1. The van der Waals surface area contributed by atoms with E-state index in [9.17, 15) is 4.79 Å². The summed E-state index contributed by atoms with van der Waals surface area (Å²) in [5.74, 6) is 0.925. The van der Waals surface area contributed by atoms with E-state index in [4.69, 9.17) is 0 Å². The molecule has 0 aromatic carbocycles. The third-order valence-corrected chi connectivity index (χ3v) is 2.99. The zero-order chi connectivity index (χ0) is 10.6. The fourth-order valence-corrected chi connectivity index (χ4v) is 1.85. The van der Waals surface area contributed by atoms with E-state index in [0.29, 0.717) is 12.0 Å². The number of rotatable bonds is 3. The van der Waals surface area contributed by atoms with Crippen molar-refractivity contribution in [3.8, 4) is 0 Å². The zero-order valence-corrected chi connectivity index (χ0v) is 9.47. The van der Waals surface area contributed by atoms with Crippen molar-refractivity contribution in [1.82, 2.24) is 10.6 Å². The Bertz CT molecular complexity index is 186. The van der Waals surface area contributed by atoms with Gasteiger partial charge in [0.15, 0.2) is 0 Å². The highest BCUT2D eigenvalue weighted by molar-refractivity contribution is 5.78. The van der Waals surface area contributed by atoms with Crippen molar-refractivity contribution in [3.63, 3.8) is 0 Å². The first kappa shape index (κ1) is 11.5. The molecule has 1 amide bonds. The van der Waals surface area contributed by atoms with Crippen LogP contribution < -0.4 is 10.6 Å². The molecule has 1 fully saturated rings. The van der Waals surface area contributed by atoms with Gasteiger partial charge in [0.05, 0.1) is 0 Å². The normalized spacial score (nSPS) is 20.9. The second-order valence-electron chi connectivity index (χ2n) is 4.54. The molecule has 2 N–H and O–H groups in total. The van der Waals surface area contributed by atoms with Crippen LogP contribution in [-0.4, -0.2) is 25.0 Å². The van der Waals surface area contributed by atoms with Gasteiger partial charge in [-0.25, -0.2) is 0 Å². The molecule has 3 nitrogen and oxygen atoms in total. The fraction of sp³-hybridized carbons (Fsp3) is 0.909. The van der Waals surface area contributed by atoms with Crippen molar-refractivity contribution in [1.29, 1.82) is 0 Å². The molecule has 3 heteroatoms. The molecule has 14 heavy (non-hydrogen) atoms. The van der Waals surface area contributed by atoms with Crippen LogP contribution in [0.4, 0.5) is 0 Å².